The highest BCUT2D eigenvalue weighted by atomic mass is 16.5. The molecular weight excluding hydrogens is 220 g/mol. The summed E-state index contributed by atoms with van der Waals surface area (Å²) in [5, 5.41) is 11.9. The van der Waals surface area contributed by atoms with E-state index in [1.165, 1.54) is 6.92 Å². The van der Waals surface area contributed by atoms with E-state index in [4.69, 9.17) is 9.84 Å². The van der Waals surface area contributed by atoms with Gasteiger partial charge in [-0.3, -0.25) is 4.99 Å². The number of rotatable bonds is 4. The molecule has 0 aliphatic carbocycles. The van der Waals surface area contributed by atoms with Gasteiger partial charge in [-0.1, -0.05) is 0 Å². The Labute approximate surface area is 99.1 Å². The van der Waals surface area contributed by atoms with Crippen LogP contribution in [0.3, 0.4) is 0 Å². The van der Waals surface area contributed by atoms with E-state index in [1.807, 2.05) is 12.1 Å². The summed E-state index contributed by atoms with van der Waals surface area (Å²) >= 11 is 0. The molecule has 0 amide bonds. The van der Waals surface area contributed by atoms with E-state index in [1.54, 1.807) is 12.1 Å². The summed E-state index contributed by atoms with van der Waals surface area (Å²) in [7, 11) is 0. The second-order valence-corrected chi connectivity index (χ2v) is 3.78. The van der Waals surface area contributed by atoms with E-state index in [0.29, 0.717) is 5.75 Å². The maximum atomic E-state index is 10.6. The van der Waals surface area contributed by atoms with Gasteiger partial charge in [0.2, 0.25) is 0 Å². The molecule has 90 valence electrons. The Balaban J connectivity index is 2.05. The predicted octanol–water partition coefficient (Wildman–Crippen LogP) is 0.888. The summed E-state index contributed by atoms with van der Waals surface area (Å²) in [5.74, 6) is 0.445. The van der Waals surface area contributed by atoms with Crippen LogP contribution in [0.2, 0.25) is 0 Å². The number of hydrogen-bond acceptors (Lipinski definition) is 4. The van der Waals surface area contributed by atoms with Crippen molar-refractivity contribution in [1.82, 2.24) is 5.32 Å². The van der Waals surface area contributed by atoms with Crippen molar-refractivity contribution >= 4 is 11.8 Å². The van der Waals surface area contributed by atoms with Gasteiger partial charge in [0.05, 0.1) is 6.54 Å². The van der Waals surface area contributed by atoms with Crippen LogP contribution in [0.15, 0.2) is 29.3 Å². The highest BCUT2D eigenvalue weighted by molar-refractivity contribution is 5.99. The van der Waals surface area contributed by atoms with Crippen LogP contribution in [0.1, 0.15) is 12.5 Å². The van der Waals surface area contributed by atoms with Crippen molar-refractivity contribution in [2.24, 2.45) is 4.99 Å². The molecule has 0 fully saturated rings. The third-order valence-electron chi connectivity index (χ3n) is 2.46. The molecule has 1 unspecified atom stereocenters. The largest absolute Gasteiger partial charge is 0.479 e. The van der Waals surface area contributed by atoms with Crippen LogP contribution in [-0.4, -0.2) is 36.1 Å². The smallest absolute Gasteiger partial charge is 0.344 e. The lowest BCUT2D eigenvalue weighted by molar-refractivity contribution is -0.144. The van der Waals surface area contributed by atoms with E-state index in [-0.39, 0.29) is 0 Å². The summed E-state index contributed by atoms with van der Waals surface area (Å²) in [4.78, 5) is 14.9. The van der Waals surface area contributed by atoms with Gasteiger partial charge >= 0.3 is 5.97 Å². The Kier molecular flexibility index (Phi) is 3.27. The molecule has 17 heavy (non-hydrogen) atoms. The first-order valence-electron chi connectivity index (χ1n) is 5.45. The second-order valence-electron chi connectivity index (χ2n) is 3.78. The summed E-state index contributed by atoms with van der Waals surface area (Å²) in [5.41, 5.74) is 0.984. The second kappa shape index (κ2) is 4.86. The van der Waals surface area contributed by atoms with Gasteiger partial charge in [-0.05, 0) is 31.2 Å². The van der Waals surface area contributed by atoms with Crippen LogP contribution in [0.25, 0.3) is 0 Å². The van der Waals surface area contributed by atoms with Gasteiger partial charge in [-0.2, -0.15) is 0 Å². The quantitative estimate of drug-likeness (QED) is 0.811. The fourth-order valence-corrected chi connectivity index (χ4v) is 1.54. The van der Waals surface area contributed by atoms with Crippen LogP contribution >= 0.6 is 0 Å². The molecule has 0 aromatic heterocycles. The summed E-state index contributed by atoms with van der Waals surface area (Å²) in [6.07, 6.45) is -0.845. The Bertz CT molecular complexity index is 440. The Morgan fingerprint density at radius 3 is 2.71 bits per heavy atom. The molecule has 0 spiro atoms. The minimum Gasteiger partial charge on any atom is -0.479 e. The number of ether oxygens (including phenoxy) is 1. The normalized spacial score (nSPS) is 15.9. The van der Waals surface area contributed by atoms with Gasteiger partial charge in [-0.15, -0.1) is 0 Å². The van der Waals surface area contributed by atoms with Crippen molar-refractivity contribution in [3.05, 3.63) is 29.8 Å². The van der Waals surface area contributed by atoms with Crippen molar-refractivity contribution < 1.29 is 14.6 Å². The van der Waals surface area contributed by atoms with Crippen LogP contribution in [0.5, 0.6) is 5.75 Å². The van der Waals surface area contributed by atoms with Crippen molar-refractivity contribution in [2.45, 2.75) is 13.0 Å². The maximum absolute atomic E-state index is 10.6. The van der Waals surface area contributed by atoms with E-state index < -0.39 is 12.1 Å². The lowest BCUT2D eigenvalue weighted by atomic mass is 10.2. The zero-order valence-corrected chi connectivity index (χ0v) is 9.51. The van der Waals surface area contributed by atoms with Crippen molar-refractivity contribution in [2.75, 3.05) is 13.1 Å². The molecule has 1 heterocycles. The van der Waals surface area contributed by atoms with Crippen LogP contribution in [0.4, 0.5) is 0 Å². The lowest BCUT2D eigenvalue weighted by Gasteiger charge is -2.10. The monoisotopic (exact) mass is 234 g/mol. The topological polar surface area (TPSA) is 70.9 Å². The molecule has 1 aliphatic rings. The number of aliphatic carboxylic acids is 1. The summed E-state index contributed by atoms with van der Waals surface area (Å²) < 4.78 is 5.23. The number of amidine groups is 1. The Hall–Kier alpha value is -2.04. The van der Waals surface area contributed by atoms with Crippen LogP contribution in [-0.2, 0) is 4.79 Å². The van der Waals surface area contributed by atoms with Gasteiger partial charge in [0.1, 0.15) is 11.6 Å². The highest BCUT2D eigenvalue weighted by Gasteiger charge is 2.13. The van der Waals surface area contributed by atoms with Gasteiger partial charge in [-0.25, -0.2) is 4.79 Å². The fraction of sp³-hybridized carbons (Fsp3) is 0.333. The minimum absolute atomic E-state index is 0.544. The highest BCUT2D eigenvalue weighted by Crippen LogP contribution is 2.14. The lowest BCUT2D eigenvalue weighted by Crippen LogP contribution is -2.23. The zero-order chi connectivity index (χ0) is 12.3. The number of benzene rings is 1. The van der Waals surface area contributed by atoms with Gasteiger partial charge in [0.25, 0.3) is 0 Å². The number of nitrogens with one attached hydrogen (secondary N) is 1. The van der Waals surface area contributed by atoms with Gasteiger partial charge in [0.15, 0.2) is 6.10 Å². The number of carbonyl (C=O) groups is 1. The number of nitrogens with zero attached hydrogens (tertiary/aromatic N) is 1. The molecule has 0 saturated heterocycles. The molecular formula is C12H14N2O3. The molecule has 1 aromatic rings. The zero-order valence-electron chi connectivity index (χ0n) is 9.51. The Morgan fingerprint density at radius 1 is 1.47 bits per heavy atom. The standard InChI is InChI=1S/C12H14N2O3/c1-8(12(15)16)17-10-4-2-9(3-5-10)11-13-6-7-14-11/h2-5,8H,6-7H2,1H3,(H,13,14)(H,15,16). The number of carboxylic acid groups (broad SMARTS) is 1. The van der Waals surface area contributed by atoms with E-state index >= 15 is 0 Å². The van der Waals surface area contributed by atoms with Crippen LogP contribution in [0, 0.1) is 0 Å². The average Bonchev–Trinajstić information content (AvgIpc) is 2.83. The number of carboxylic acids is 1. The maximum Gasteiger partial charge on any atom is 0.344 e. The third kappa shape index (κ3) is 2.75. The van der Waals surface area contributed by atoms with E-state index in [9.17, 15) is 4.79 Å². The van der Waals surface area contributed by atoms with E-state index in [2.05, 4.69) is 10.3 Å². The molecule has 1 aliphatic heterocycles. The summed E-state index contributed by atoms with van der Waals surface area (Å²) in [6.45, 7) is 3.16. The first-order chi connectivity index (χ1) is 8.16. The van der Waals surface area contributed by atoms with Gasteiger partial charge in [0, 0.05) is 12.1 Å². The van der Waals surface area contributed by atoms with Crippen molar-refractivity contribution in [3.8, 4) is 5.75 Å². The van der Waals surface area contributed by atoms with Crippen LogP contribution < -0.4 is 10.1 Å². The molecule has 2 rings (SSSR count). The molecule has 5 nitrogen and oxygen atoms in total. The molecule has 1 atom stereocenters. The molecule has 2 N–H and O–H groups in total. The molecule has 1 aromatic carbocycles. The predicted molar refractivity (Wildman–Crippen MR) is 63.6 cm³/mol. The SMILES string of the molecule is CC(Oc1ccc(C2=NCCN2)cc1)C(=O)O. The average molecular weight is 234 g/mol. The Morgan fingerprint density at radius 2 is 2.18 bits per heavy atom. The van der Waals surface area contributed by atoms with E-state index in [0.717, 1.165) is 24.5 Å². The molecule has 0 saturated carbocycles. The minimum atomic E-state index is -0.976. The number of hydrogen-bond donors (Lipinski definition) is 2. The molecule has 5 heteroatoms. The third-order valence-corrected chi connectivity index (χ3v) is 2.46. The molecule has 0 radical (unpaired) electrons. The van der Waals surface area contributed by atoms with Crippen molar-refractivity contribution in [1.29, 1.82) is 0 Å². The molecule has 0 bridgehead atoms. The number of aliphatic imine (C=N–C) groups is 1. The van der Waals surface area contributed by atoms with Gasteiger partial charge < -0.3 is 15.2 Å². The first kappa shape index (κ1) is 11.4. The first-order valence-corrected chi connectivity index (χ1v) is 5.45. The summed E-state index contributed by atoms with van der Waals surface area (Å²) in [6, 6.07) is 7.22. The fourth-order valence-electron chi connectivity index (χ4n) is 1.54. The van der Waals surface area contributed by atoms with Crippen molar-refractivity contribution in [3.63, 3.8) is 0 Å².